The van der Waals surface area contributed by atoms with Crippen molar-refractivity contribution in [1.82, 2.24) is 15.3 Å². The molecule has 2 atom stereocenters. The molecule has 1 aliphatic heterocycles. The Morgan fingerprint density at radius 3 is 2.37 bits per heavy atom. The number of benzene rings is 2. The zero-order chi connectivity index (χ0) is 25.5. The number of sulfone groups is 1. The van der Waals surface area contributed by atoms with Gasteiger partial charge in [-0.15, -0.1) is 0 Å². The highest BCUT2D eigenvalue weighted by atomic mass is 32.2. The molecule has 1 fully saturated rings. The van der Waals surface area contributed by atoms with Gasteiger partial charge in [-0.3, -0.25) is 4.79 Å². The first-order chi connectivity index (χ1) is 16.6. The van der Waals surface area contributed by atoms with Crippen LogP contribution in [0.25, 0.3) is 10.8 Å². The average Bonchev–Trinajstić information content (AvgIpc) is 2.82. The molecule has 1 N–H and O–H groups in total. The van der Waals surface area contributed by atoms with Crippen LogP contribution in [-0.4, -0.2) is 55.9 Å². The SMILES string of the molecule is CC(C)(C)OC=O.CS(=O)(=O)c1ncc(C2CCNCC2OCc2ccc3ccccc3c2)cn1. The molecular formula is C26H33N3O5S. The molecule has 2 heterocycles. The van der Waals surface area contributed by atoms with Crippen LogP contribution < -0.4 is 5.32 Å². The summed E-state index contributed by atoms with van der Waals surface area (Å²) >= 11 is 0. The molecule has 8 nitrogen and oxygen atoms in total. The van der Waals surface area contributed by atoms with Crippen LogP contribution >= 0.6 is 0 Å². The number of ether oxygens (including phenoxy) is 2. The number of carbonyl (C=O) groups is 1. The van der Waals surface area contributed by atoms with Gasteiger partial charge in [0, 0.05) is 31.1 Å². The first kappa shape index (κ1) is 26.7. The summed E-state index contributed by atoms with van der Waals surface area (Å²) in [5.41, 5.74) is 1.73. The normalized spacial score (nSPS) is 18.4. The van der Waals surface area contributed by atoms with E-state index in [-0.39, 0.29) is 22.8 Å². The summed E-state index contributed by atoms with van der Waals surface area (Å²) in [6.07, 6.45) is 5.22. The van der Waals surface area contributed by atoms with Crippen molar-refractivity contribution in [3.63, 3.8) is 0 Å². The lowest BCUT2D eigenvalue weighted by atomic mass is 9.89. The lowest BCUT2D eigenvalue weighted by Crippen LogP contribution is -2.41. The zero-order valence-corrected chi connectivity index (χ0v) is 21.4. The van der Waals surface area contributed by atoms with Gasteiger partial charge in [0.25, 0.3) is 6.47 Å². The van der Waals surface area contributed by atoms with E-state index in [0.717, 1.165) is 36.9 Å². The Balaban J connectivity index is 0.000000429. The molecule has 4 rings (SSSR count). The topological polar surface area (TPSA) is 107 Å². The fraction of sp³-hybridized carbons (Fsp3) is 0.423. The fourth-order valence-electron chi connectivity index (χ4n) is 3.77. The van der Waals surface area contributed by atoms with Crippen LogP contribution in [0.4, 0.5) is 0 Å². The molecule has 2 unspecified atom stereocenters. The minimum absolute atomic E-state index is 0.0205. The van der Waals surface area contributed by atoms with E-state index in [1.165, 1.54) is 10.8 Å². The molecule has 0 aliphatic carbocycles. The average molecular weight is 500 g/mol. The van der Waals surface area contributed by atoms with Crippen molar-refractivity contribution >= 4 is 27.1 Å². The van der Waals surface area contributed by atoms with E-state index < -0.39 is 9.84 Å². The number of aromatic nitrogens is 2. The van der Waals surface area contributed by atoms with E-state index in [1.54, 1.807) is 12.4 Å². The van der Waals surface area contributed by atoms with Crippen LogP contribution in [-0.2, 0) is 30.7 Å². The van der Waals surface area contributed by atoms with E-state index in [9.17, 15) is 13.2 Å². The van der Waals surface area contributed by atoms with Crippen LogP contribution in [0.1, 0.15) is 44.2 Å². The summed E-state index contributed by atoms with van der Waals surface area (Å²) in [5.74, 6) is 0.135. The lowest BCUT2D eigenvalue weighted by molar-refractivity contribution is -0.138. The molecule has 9 heteroatoms. The molecule has 188 valence electrons. The van der Waals surface area contributed by atoms with E-state index in [4.69, 9.17) is 4.74 Å². The molecule has 0 radical (unpaired) electrons. The van der Waals surface area contributed by atoms with Gasteiger partial charge in [-0.05, 0) is 61.7 Å². The van der Waals surface area contributed by atoms with Crippen molar-refractivity contribution in [2.75, 3.05) is 19.3 Å². The number of hydrogen-bond donors (Lipinski definition) is 1. The summed E-state index contributed by atoms with van der Waals surface area (Å²) in [7, 11) is -3.39. The molecule has 1 aliphatic rings. The summed E-state index contributed by atoms with van der Waals surface area (Å²) in [4.78, 5) is 17.7. The van der Waals surface area contributed by atoms with Gasteiger partial charge < -0.3 is 14.8 Å². The van der Waals surface area contributed by atoms with E-state index >= 15 is 0 Å². The predicted molar refractivity (Wildman–Crippen MR) is 135 cm³/mol. The number of piperidine rings is 1. The van der Waals surface area contributed by atoms with E-state index in [1.807, 2.05) is 32.9 Å². The van der Waals surface area contributed by atoms with Gasteiger partial charge in [0.1, 0.15) is 5.60 Å². The molecule has 0 spiro atoms. The third kappa shape index (κ3) is 8.09. The Morgan fingerprint density at radius 2 is 1.77 bits per heavy atom. The number of nitrogens with one attached hydrogen (secondary N) is 1. The zero-order valence-electron chi connectivity index (χ0n) is 20.6. The van der Waals surface area contributed by atoms with Crippen molar-refractivity contribution in [3.05, 3.63) is 66.0 Å². The summed E-state index contributed by atoms with van der Waals surface area (Å²) in [5, 5.41) is 5.65. The van der Waals surface area contributed by atoms with Crippen LogP contribution in [0, 0.1) is 0 Å². The number of fused-ring (bicyclic) bond motifs is 1. The van der Waals surface area contributed by atoms with Crippen molar-refractivity contribution < 1.29 is 22.7 Å². The molecular weight excluding hydrogens is 466 g/mol. The van der Waals surface area contributed by atoms with Crippen molar-refractivity contribution in [2.24, 2.45) is 0 Å². The number of rotatable bonds is 6. The van der Waals surface area contributed by atoms with Gasteiger partial charge >= 0.3 is 0 Å². The summed E-state index contributed by atoms with van der Waals surface area (Å²) < 4.78 is 34.0. The standard InChI is InChI=1S/C21H23N3O3S.C5H10O2/c1-28(25,26)21-23-11-18(12-24-21)19-8-9-22-13-20(19)27-14-15-6-7-16-4-2-3-5-17(16)10-15;1-5(2,3)7-4-6/h2-7,10-12,19-20,22H,8-9,13-14H2,1H3;4H,1-3H3. The molecule has 3 aromatic rings. The molecule has 0 bridgehead atoms. The molecule has 0 amide bonds. The number of hydrogen-bond acceptors (Lipinski definition) is 8. The summed E-state index contributed by atoms with van der Waals surface area (Å²) in [6, 6.07) is 14.6. The van der Waals surface area contributed by atoms with Crippen molar-refractivity contribution in [2.45, 2.75) is 56.6 Å². The van der Waals surface area contributed by atoms with Crippen LogP contribution in [0.5, 0.6) is 0 Å². The maximum atomic E-state index is 11.6. The first-order valence-electron chi connectivity index (χ1n) is 11.5. The highest BCUT2D eigenvalue weighted by Crippen LogP contribution is 2.28. The highest BCUT2D eigenvalue weighted by molar-refractivity contribution is 7.90. The van der Waals surface area contributed by atoms with Gasteiger partial charge in [0.2, 0.25) is 15.0 Å². The Hall–Kier alpha value is -2.88. The second kappa shape index (κ2) is 11.7. The summed E-state index contributed by atoms with van der Waals surface area (Å²) in [6.45, 7) is 8.07. The Kier molecular flexibility index (Phi) is 8.93. The number of carbonyl (C=O) groups excluding carboxylic acids is 1. The van der Waals surface area contributed by atoms with Crippen molar-refractivity contribution in [3.8, 4) is 0 Å². The van der Waals surface area contributed by atoms with Gasteiger partial charge in [-0.25, -0.2) is 18.4 Å². The largest absolute Gasteiger partial charge is 0.462 e. The third-order valence-electron chi connectivity index (χ3n) is 5.51. The maximum Gasteiger partial charge on any atom is 0.293 e. The van der Waals surface area contributed by atoms with Crippen molar-refractivity contribution in [1.29, 1.82) is 0 Å². The third-order valence-corrected chi connectivity index (χ3v) is 6.39. The number of nitrogens with zero attached hydrogens (tertiary/aromatic N) is 2. The predicted octanol–water partition coefficient (Wildman–Crippen LogP) is 3.65. The molecule has 0 saturated carbocycles. The molecule has 1 saturated heterocycles. The highest BCUT2D eigenvalue weighted by Gasteiger charge is 2.28. The Bertz CT molecular complexity index is 1220. The Labute approximate surface area is 207 Å². The minimum atomic E-state index is -3.39. The van der Waals surface area contributed by atoms with Gasteiger partial charge in [-0.2, -0.15) is 0 Å². The minimum Gasteiger partial charge on any atom is -0.462 e. The molecule has 2 aromatic carbocycles. The van der Waals surface area contributed by atoms with E-state index in [0.29, 0.717) is 13.1 Å². The lowest BCUT2D eigenvalue weighted by Gasteiger charge is -2.32. The second-order valence-electron chi connectivity index (χ2n) is 9.53. The monoisotopic (exact) mass is 499 g/mol. The second-order valence-corrected chi connectivity index (χ2v) is 11.4. The van der Waals surface area contributed by atoms with Crippen LogP contribution in [0.2, 0.25) is 0 Å². The van der Waals surface area contributed by atoms with E-state index in [2.05, 4.69) is 50.4 Å². The quantitative estimate of drug-likeness (QED) is 0.405. The van der Waals surface area contributed by atoms with Gasteiger partial charge in [0.15, 0.2) is 0 Å². The first-order valence-corrected chi connectivity index (χ1v) is 13.4. The van der Waals surface area contributed by atoms with Crippen LogP contribution in [0.3, 0.4) is 0 Å². The van der Waals surface area contributed by atoms with Gasteiger partial charge in [-0.1, -0.05) is 36.4 Å². The molecule has 35 heavy (non-hydrogen) atoms. The smallest absolute Gasteiger partial charge is 0.293 e. The van der Waals surface area contributed by atoms with Crippen LogP contribution in [0.15, 0.2) is 60.0 Å². The van der Waals surface area contributed by atoms with Gasteiger partial charge in [0.05, 0.1) is 12.7 Å². The maximum absolute atomic E-state index is 11.6. The Morgan fingerprint density at radius 1 is 1.09 bits per heavy atom. The fourth-order valence-corrected chi connectivity index (χ4v) is 4.26. The molecule has 1 aromatic heterocycles.